The van der Waals surface area contributed by atoms with Gasteiger partial charge in [0.15, 0.2) is 0 Å². The number of hydrazine groups is 1. The summed E-state index contributed by atoms with van der Waals surface area (Å²) in [4.78, 5) is 24.4. The van der Waals surface area contributed by atoms with Crippen LogP contribution in [0.15, 0.2) is 41.3 Å². The summed E-state index contributed by atoms with van der Waals surface area (Å²) in [6, 6.07) is 5.88. The normalized spacial score (nSPS) is 20.7. The monoisotopic (exact) mass is 377 g/mol. The molecule has 2 aliphatic rings. The summed E-state index contributed by atoms with van der Waals surface area (Å²) in [6.07, 6.45) is 7.95. The van der Waals surface area contributed by atoms with Crippen molar-refractivity contribution in [1.82, 2.24) is 15.2 Å². The van der Waals surface area contributed by atoms with Crippen LogP contribution < -0.4 is 10.9 Å². The van der Waals surface area contributed by atoms with Crippen LogP contribution in [-0.4, -0.2) is 37.6 Å². The minimum Gasteiger partial charge on any atom is -0.273 e. The van der Waals surface area contributed by atoms with Gasteiger partial charge in [0.2, 0.25) is 15.9 Å². The summed E-state index contributed by atoms with van der Waals surface area (Å²) < 4.78 is 26.6. The molecular weight excluding hydrogens is 354 g/mol. The lowest BCUT2D eigenvalue weighted by atomic mass is 9.94. The number of hydrogen-bond acceptors (Lipinski definition) is 4. The third kappa shape index (κ3) is 4.13. The van der Waals surface area contributed by atoms with Gasteiger partial charge < -0.3 is 0 Å². The summed E-state index contributed by atoms with van der Waals surface area (Å²) in [5.41, 5.74) is 4.99. The second kappa shape index (κ2) is 8.01. The van der Waals surface area contributed by atoms with Gasteiger partial charge in [0.1, 0.15) is 0 Å². The minimum absolute atomic E-state index is 0.0933. The predicted octanol–water partition coefficient (Wildman–Crippen LogP) is 1.59. The Morgan fingerprint density at radius 1 is 1.08 bits per heavy atom. The van der Waals surface area contributed by atoms with E-state index >= 15 is 0 Å². The summed E-state index contributed by atoms with van der Waals surface area (Å²) in [5.74, 6) is -0.922. The molecule has 26 heavy (non-hydrogen) atoms. The summed E-state index contributed by atoms with van der Waals surface area (Å²) >= 11 is 0. The van der Waals surface area contributed by atoms with E-state index in [1.165, 1.54) is 28.6 Å². The Kier molecular flexibility index (Phi) is 5.73. The molecule has 140 valence electrons. The number of carbonyl (C=O) groups excluding carboxylic acids is 2. The first-order valence-electron chi connectivity index (χ1n) is 8.84. The fourth-order valence-corrected chi connectivity index (χ4v) is 4.76. The van der Waals surface area contributed by atoms with Gasteiger partial charge in [-0.1, -0.05) is 18.2 Å². The molecule has 1 atom stereocenters. The van der Waals surface area contributed by atoms with Gasteiger partial charge in [0.25, 0.3) is 5.91 Å². The molecular formula is C18H23N3O4S. The van der Waals surface area contributed by atoms with Crippen molar-refractivity contribution >= 4 is 21.8 Å². The number of rotatable bonds is 4. The molecule has 1 saturated heterocycles. The van der Waals surface area contributed by atoms with Gasteiger partial charge in [-0.25, -0.2) is 8.42 Å². The highest BCUT2D eigenvalue weighted by molar-refractivity contribution is 7.89. The van der Waals surface area contributed by atoms with Gasteiger partial charge in [0, 0.05) is 24.6 Å². The molecule has 1 aliphatic heterocycles. The molecule has 3 rings (SSSR count). The number of benzene rings is 1. The maximum absolute atomic E-state index is 12.6. The van der Waals surface area contributed by atoms with Crippen LogP contribution in [0.3, 0.4) is 0 Å². The van der Waals surface area contributed by atoms with Crippen molar-refractivity contribution in [3.05, 3.63) is 42.0 Å². The molecule has 7 nitrogen and oxygen atoms in total. The fraction of sp³-hybridized carbons (Fsp3) is 0.444. The van der Waals surface area contributed by atoms with Crippen molar-refractivity contribution in [2.45, 2.75) is 37.0 Å². The Morgan fingerprint density at radius 2 is 1.85 bits per heavy atom. The van der Waals surface area contributed by atoms with Crippen molar-refractivity contribution in [3.8, 4) is 0 Å². The molecule has 1 aromatic carbocycles. The van der Waals surface area contributed by atoms with E-state index in [1.54, 1.807) is 0 Å². The van der Waals surface area contributed by atoms with Crippen LogP contribution in [0.25, 0.3) is 0 Å². The molecule has 1 heterocycles. The first kappa shape index (κ1) is 18.6. The van der Waals surface area contributed by atoms with E-state index in [4.69, 9.17) is 0 Å². The maximum Gasteiger partial charge on any atom is 0.269 e. The average molecular weight is 377 g/mol. The molecule has 2 N–H and O–H groups in total. The van der Waals surface area contributed by atoms with Gasteiger partial charge in [-0.2, -0.15) is 4.31 Å². The van der Waals surface area contributed by atoms with Crippen molar-refractivity contribution in [2.75, 3.05) is 13.1 Å². The van der Waals surface area contributed by atoms with E-state index in [9.17, 15) is 18.0 Å². The molecule has 0 spiro atoms. The Labute approximate surface area is 153 Å². The quantitative estimate of drug-likeness (QED) is 0.615. The number of amides is 2. The molecule has 0 aromatic heterocycles. The molecule has 0 bridgehead atoms. The molecule has 0 unspecified atom stereocenters. The molecule has 1 aromatic rings. The van der Waals surface area contributed by atoms with Crippen LogP contribution in [0.5, 0.6) is 0 Å². The SMILES string of the molecule is O=C(NNC(=O)[C@@H]1CC=CCC1)c1cccc(S(=O)(=O)N2CCCC2)c1. The average Bonchev–Trinajstić information content (AvgIpc) is 3.22. The highest BCUT2D eigenvalue weighted by atomic mass is 32.2. The fourth-order valence-electron chi connectivity index (χ4n) is 3.20. The first-order chi connectivity index (χ1) is 12.5. The van der Waals surface area contributed by atoms with Crippen molar-refractivity contribution in [1.29, 1.82) is 0 Å². The molecule has 1 aliphatic carbocycles. The van der Waals surface area contributed by atoms with Crippen LogP contribution in [-0.2, 0) is 14.8 Å². The van der Waals surface area contributed by atoms with Gasteiger partial charge in [-0.3, -0.25) is 20.4 Å². The van der Waals surface area contributed by atoms with Crippen LogP contribution in [0.2, 0.25) is 0 Å². The third-order valence-corrected chi connectivity index (χ3v) is 6.63. The third-order valence-electron chi connectivity index (χ3n) is 4.74. The Morgan fingerprint density at radius 3 is 2.54 bits per heavy atom. The molecule has 8 heteroatoms. The summed E-state index contributed by atoms with van der Waals surface area (Å²) in [5, 5.41) is 0. The molecule has 1 fully saturated rings. The number of hydrogen-bond donors (Lipinski definition) is 2. The Balaban J connectivity index is 1.64. The number of nitrogens with one attached hydrogen (secondary N) is 2. The van der Waals surface area contributed by atoms with E-state index < -0.39 is 15.9 Å². The highest BCUT2D eigenvalue weighted by Crippen LogP contribution is 2.21. The van der Waals surface area contributed by atoms with Gasteiger partial charge >= 0.3 is 0 Å². The lowest BCUT2D eigenvalue weighted by molar-refractivity contribution is -0.126. The Hall–Kier alpha value is -2.19. The zero-order valence-electron chi connectivity index (χ0n) is 14.5. The second-order valence-electron chi connectivity index (χ2n) is 6.56. The van der Waals surface area contributed by atoms with E-state index in [-0.39, 0.29) is 22.3 Å². The van der Waals surface area contributed by atoms with Gasteiger partial charge in [-0.05, 0) is 50.3 Å². The van der Waals surface area contributed by atoms with E-state index in [2.05, 4.69) is 10.9 Å². The Bertz CT molecular complexity index is 813. The number of nitrogens with zero attached hydrogens (tertiary/aromatic N) is 1. The first-order valence-corrected chi connectivity index (χ1v) is 10.3. The van der Waals surface area contributed by atoms with Crippen LogP contribution in [0.1, 0.15) is 42.5 Å². The van der Waals surface area contributed by atoms with Gasteiger partial charge in [0.05, 0.1) is 4.90 Å². The lowest BCUT2D eigenvalue weighted by Gasteiger charge is -2.18. The van der Waals surface area contributed by atoms with Crippen LogP contribution in [0.4, 0.5) is 0 Å². The van der Waals surface area contributed by atoms with Crippen molar-refractivity contribution in [3.63, 3.8) is 0 Å². The molecule has 0 radical (unpaired) electrons. The van der Waals surface area contributed by atoms with E-state index in [0.29, 0.717) is 19.5 Å². The zero-order valence-corrected chi connectivity index (χ0v) is 15.3. The van der Waals surface area contributed by atoms with Crippen molar-refractivity contribution in [2.24, 2.45) is 5.92 Å². The number of allylic oxidation sites excluding steroid dienone is 2. The smallest absolute Gasteiger partial charge is 0.269 e. The summed E-state index contributed by atoms with van der Waals surface area (Å²) in [6.45, 7) is 1.01. The standard InChI is InChI=1S/C18H23N3O4S/c22-17(14-7-2-1-3-8-14)19-20-18(23)15-9-6-10-16(13-15)26(24,25)21-11-4-5-12-21/h1-2,6,9-10,13-14H,3-5,7-8,11-12H2,(H,19,22)(H,20,23)/t14-/m1/s1. The predicted molar refractivity (Wildman–Crippen MR) is 96.5 cm³/mol. The number of carbonyl (C=O) groups is 2. The minimum atomic E-state index is -3.58. The molecule has 0 saturated carbocycles. The maximum atomic E-state index is 12.6. The van der Waals surface area contributed by atoms with Gasteiger partial charge in [-0.15, -0.1) is 0 Å². The van der Waals surface area contributed by atoms with Crippen LogP contribution >= 0.6 is 0 Å². The lowest BCUT2D eigenvalue weighted by Crippen LogP contribution is -2.44. The molecule has 2 amide bonds. The van der Waals surface area contributed by atoms with Crippen molar-refractivity contribution < 1.29 is 18.0 Å². The largest absolute Gasteiger partial charge is 0.273 e. The summed E-state index contributed by atoms with van der Waals surface area (Å²) in [7, 11) is -3.58. The zero-order chi connectivity index (χ0) is 18.6. The second-order valence-corrected chi connectivity index (χ2v) is 8.50. The van der Waals surface area contributed by atoms with E-state index in [1.807, 2.05) is 12.2 Å². The van der Waals surface area contributed by atoms with Crippen LogP contribution in [0, 0.1) is 5.92 Å². The number of sulfonamides is 1. The topological polar surface area (TPSA) is 95.6 Å². The van der Waals surface area contributed by atoms with E-state index in [0.717, 1.165) is 25.7 Å². The highest BCUT2D eigenvalue weighted by Gasteiger charge is 2.27.